The second-order valence-corrected chi connectivity index (χ2v) is 4.72. The van der Waals surface area contributed by atoms with Gasteiger partial charge in [0.25, 0.3) is 0 Å². The molecule has 2 unspecified atom stereocenters. The summed E-state index contributed by atoms with van der Waals surface area (Å²) in [5.41, 5.74) is 0. The maximum Gasteiger partial charge on any atom is 0.162 e. The summed E-state index contributed by atoms with van der Waals surface area (Å²) in [4.78, 5) is 0. The minimum Gasteiger partial charge on any atom is -0.492 e. The highest BCUT2D eigenvalue weighted by molar-refractivity contribution is 5.23. The van der Waals surface area contributed by atoms with Crippen LogP contribution >= 0.6 is 0 Å². The van der Waals surface area contributed by atoms with E-state index in [1.165, 1.54) is 6.07 Å². The molecule has 106 valence electrons. The van der Waals surface area contributed by atoms with Crippen molar-refractivity contribution in [3.05, 3.63) is 29.8 Å². The number of hydrogen-bond donors (Lipinski definition) is 1. The summed E-state index contributed by atoms with van der Waals surface area (Å²) in [6.07, 6.45) is 2.46. The number of halogens is 2. The number of rotatable bonds is 6. The quantitative estimate of drug-likeness (QED) is 0.806. The van der Waals surface area contributed by atoms with Crippen molar-refractivity contribution in [2.45, 2.75) is 31.9 Å². The molecule has 1 saturated heterocycles. The lowest BCUT2D eigenvalue weighted by Gasteiger charge is -2.20. The third-order valence-corrected chi connectivity index (χ3v) is 3.25. The first-order valence-corrected chi connectivity index (χ1v) is 6.59. The Morgan fingerprint density at radius 2 is 2.26 bits per heavy atom. The smallest absolute Gasteiger partial charge is 0.162 e. The molecule has 0 aliphatic carbocycles. The summed E-state index contributed by atoms with van der Waals surface area (Å²) >= 11 is 0. The van der Waals surface area contributed by atoms with Crippen LogP contribution in [0.25, 0.3) is 0 Å². The van der Waals surface area contributed by atoms with Crippen LogP contribution in [0.1, 0.15) is 19.8 Å². The van der Waals surface area contributed by atoms with Crippen LogP contribution in [-0.4, -0.2) is 31.9 Å². The summed E-state index contributed by atoms with van der Waals surface area (Å²) < 4.78 is 36.6. The van der Waals surface area contributed by atoms with Gasteiger partial charge >= 0.3 is 0 Å². The fourth-order valence-electron chi connectivity index (χ4n) is 2.15. The molecule has 2 atom stereocenters. The summed E-state index contributed by atoms with van der Waals surface area (Å²) in [5, 5.41) is 3.30. The van der Waals surface area contributed by atoms with Crippen molar-refractivity contribution in [3.8, 4) is 5.75 Å². The predicted octanol–water partition coefficient (Wildman–Crippen LogP) is 2.50. The summed E-state index contributed by atoms with van der Waals surface area (Å²) in [6.45, 7) is 3.96. The zero-order valence-corrected chi connectivity index (χ0v) is 11.0. The zero-order chi connectivity index (χ0) is 13.7. The third kappa shape index (κ3) is 4.14. The highest BCUT2D eigenvalue weighted by Crippen LogP contribution is 2.16. The van der Waals surface area contributed by atoms with Crippen LogP contribution in [0.4, 0.5) is 8.78 Å². The van der Waals surface area contributed by atoms with Gasteiger partial charge in [-0.05, 0) is 31.9 Å². The van der Waals surface area contributed by atoms with E-state index < -0.39 is 11.6 Å². The maximum absolute atomic E-state index is 12.9. The van der Waals surface area contributed by atoms with E-state index in [1.807, 2.05) is 0 Å². The standard InChI is InChI=1S/C14H19F2NO2/c1-10(14-3-2-7-19-14)17-6-8-18-11-4-5-12(15)13(16)9-11/h4-5,9-10,14,17H,2-3,6-8H2,1H3. The van der Waals surface area contributed by atoms with Gasteiger partial charge in [-0.15, -0.1) is 0 Å². The molecule has 1 fully saturated rings. The van der Waals surface area contributed by atoms with Gasteiger partial charge in [0.2, 0.25) is 0 Å². The van der Waals surface area contributed by atoms with Crippen LogP contribution in [0.15, 0.2) is 18.2 Å². The Bertz CT molecular complexity index is 408. The van der Waals surface area contributed by atoms with E-state index >= 15 is 0 Å². The minimum absolute atomic E-state index is 0.267. The van der Waals surface area contributed by atoms with Crippen LogP contribution in [-0.2, 0) is 4.74 Å². The zero-order valence-electron chi connectivity index (χ0n) is 11.0. The molecule has 1 aromatic rings. The summed E-state index contributed by atoms with van der Waals surface area (Å²) in [6, 6.07) is 3.81. The normalized spacial score (nSPS) is 20.5. The van der Waals surface area contributed by atoms with Crippen LogP contribution < -0.4 is 10.1 Å². The van der Waals surface area contributed by atoms with E-state index in [4.69, 9.17) is 9.47 Å². The Balaban J connectivity index is 1.67. The van der Waals surface area contributed by atoms with E-state index in [2.05, 4.69) is 12.2 Å². The lowest BCUT2D eigenvalue weighted by molar-refractivity contribution is 0.0824. The number of nitrogens with one attached hydrogen (secondary N) is 1. The topological polar surface area (TPSA) is 30.5 Å². The molecule has 0 aromatic heterocycles. The van der Waals surface area contributed by atoms with Crippen molar-refractivity contribution in [2.24, 2.45) is 0 Å². The SMILES string of the molecule is CC(NCCOc1ccc(F)c(F)c1)C1CCCO1. The maximum atomic E-state index is 12.9. The monoisotopic (exact) mass is 271 g/mol. The van der Waals surface area contributed by atoms with E-state index in [1.54, 1.807) is 0 Å². The molecule has 2 rings (SSSR count). The van der Waals surface area contributed by atoms with Gasteiger partial charge in [-0.3, -0.25) is 0 Å². The molecule has 3 nitrogen and oxygen atoms in total. The molecule has 0 bridgehead atoms. The lowest BCUT2D eigenvalue weighted by atomic mass is 10.1. The van der Waals surface area contributed by atoms with Gasteiger partial charge in [-0.2, -0.15) is 0 Å². The molecule has 0 radical (unpaired) electrons. The van der Waals surface area contributed by atoms with Gasteiger partial charge in [-0.1, -0.05) is 0 Å². The predicted molar refractivity (Wildman–Crippen MR) is 68.3 cm³/mol. The van der Waals surface area contributed by atoms with E-state index in [0.29, 0.717) is 18.9 Å². The molecule has 5 heteroatoms. The van der Waals surface area contributed by atoms with Crippen LogP contribution in [0.5, 0.6) is 5.75 Å². The van der Waals surface area contributed by atoms with Gasteiger partial charge in [0.05, 0.1) is 6.10 Å². The molecule has 0 spiro atoms. The Morgan fingerprint density at radius 1 is 1.42 bits per heavy atom. The Hall–Kier alpha value is -1.20. The fraction of sp³-hybridized carbons (Fsp3) is 0.571. The number of ether oxygens (including phenoxy) is 2. The van der Waals surface area contributed by atoms with Crippen molar-refractivity contribution < 1.29 is 18.3 Å². The lowest BCUT2D eigenvalue weighted by Crippen LogP contribution is -2.39. The fourth-order valence-corrected chi connectivity index (χ4v) is 2.15. The molecular formula is C14H19F2NO2. The third-order valence-electron chi connectivity index (χ3n) is 3.25. The average molecular weight is 271 g/mol. The first-order valence-electron chi connectivity index (χ1n) is 6.59. The second-order valence-electron chi connectivity index (χ2n) is 4.72. The molecule has 0 amide bonds. The van der Waals surface area contributed by atoms with E-state index in [0.717, 1.165) is 31.6 Å². The second kappa shape index (κ2) is 6.82. The molecule has 1 aliphatic heterocycles. The van der Waals surface area contributed by atoms with E-state index in [-0.39, 0.29) is 12.1 Å². The Kier molecular flexibility index (Phi) is 5.10. The highest BCUT2D eigenvalue weighted by Gasteiger charge is 2.21. The van der Waals surface area contributed by atoms with Gasteiger partial charge in [0.15, 0.2) is 11.6 Å². The van der Waals surface area contributed by atoms with Crippen molar-refractivity contribution >= 4 is 0 Å². The van der Waals surface area contributed by atoms with Crippen LogP contribution in [0, 0.1) is 11.6 Å². The molecule has 1 N–H and O–H groups in total. The minimum atomic E-state index is -0.891. The van der Waals surface area contributed by atoms with Gasteiger partial charge in [0.1, 0.15) is 12.4 Å². The van der Waals surface area contributed by atoms with Gasteiger partial charge in [-0.25, -0.2) is 8.78 Å². The van der Waals surface area contributed by atoms with Crippen molar-refractivity contribution in [3.63, 3.8) is 0 Å². The highest BCUT2D eigenvalue weighted by atomic mass is 19.2. The first-order chi connectivity index (χ1) is 9.16. The van der Waals surface area contributed by atoms with Crippen molar-refractivity contribution in [1.82, 2.24) is 5.32 Å². The molecular weight excluding hydrogens is 252 g/mol. The summed E-state index contributed by atoms with van der Waals surface area (Å²) in [5.74, 6) is -1.42. The molecule has 19 heavy (non-hydrogen) atoms. The molecule has 0 saturated carbocycles. The number of benzene rings is 1. The van der Waals surface area contributed by atoms with Gasteiger partial charge in [0, 0.05) is 25.3 Å². The Labute approximate surface area is 111 Å². The molecule has 1 heterocycles. The Morgan fingerprint density at radius 3 is 2.95 bits per heavy atom. The first kappa shape index (κ1) is 14.2. The van der Waals surface area contributed by atoms with Gasteiger partial charge < -0.3 is 14.8 Å². The molecule has 1 aliphatic rings. The van der Waals surface area contributed by atoms with Crippen LogP contribution in [0.3, 0.4) is 0 Å². The van der Waals surface area contributed by atoms with Crippen molar-refractivity contribution in [1.29, 1.82) is 0 Å². The molecule has 1 aromatic carbocycles. The van der Waals surface area contributed by atoms with Crippen LogP contribution in [0.2, 0.25) is 0 Å². The van der Waals surface area contributed by atoms with Crippen molar-refractivity contribution in [2.75, 3.05) is 19.8 Å². The van der Waals surface area contributed by atoms with E-state index in [9.17, 15) is 8.78 Å². The number of hydrogen-bond acceptors (Lipinski definition) is 3. The average Bonchev–Trinajstić information content (AvgIpc) is 2.92. The summed E-state index contributed by atoms with van der Waals surface area (Å²) in [7, 11) is 0. The largest absolute Gasteiger partial charge is 0.492 e.